The van der Waals surface area contributed by atoms with E-state index in [1.54, 1.807) is 0 Å². The molecule has 110 valence electrons. The maximum atomic E-state index is 4.55. The fourth-order valence-corrected chi connectivity index (χ4v) is 3.10. The van der Waals surface area contributed by atoms with Crippen molar-refractivity contribution in [3.05, 3.63) is 35.9 Å². The first-order chi connectivity index (χ1) is 9.74. The van der Waals surface area contributed by atoms with Gasteiger partial charge in [-0.2, -0.15) is 0 Å². The molecule has 0 spiro atoms. The topological polar surface area (TPSA) is 27.6 Å². The quantitative estimate of drug-likeness (QED) is 0.817. The van der Waals surface area contributed by atoms with Gasteiger partial charge >= 0.3 is 0 Å². The Morgan fingerprint density at radius 3 is 2.85 bits per heavy atom. The lowest BCUT2D eigenvalue weighted by Crippen LogP contribution is -2.29. The van der Waals surface area contributed by atoms with E-state index in [0.717, 1.165) is 43.7 Å². The molecule has 0 saturated heterocycles. The minimum Gasteiger partial charge on any atom is -0.365 e. The van der Waals surface area contributed by atoms with Gasteiger partial charge in [-0.25, -0.2) is 0 Å². The molecule has 0 saturated carbocycles. The minimum atomic E-state index is 0.725. The SMILES string of the molecule is CC1CN=C(NCCCN(C)Cc2ccccc2)SC1. The van der Waals surface area contributed by atoms with E-state index in [9.17, 15) is 0 Å². The van der Waals surface area contributed by atoms with Gasteiger partial charge in [-0.3, -0.25) is 4.99 Å². The van der Waals surface area contributed by atoms with Crippen molar-refractivity contribution in [3.63, 3.8) is 0 Å². The highest BCUT2D eigenvalue weighted by Crippen LogP contribution is 2.15. The Bertz CT molecular complexity index is 419. The summed E-state index contributed by atoms with van der Waals surface area (Å²) in [4.78, 5) is 6.92. The molecule has 1 unspecified atom stereocenters. The third-order valence-corrected chi connectivity index (χ3v) is 4.62. The molecule has 0 bridgehead atoms. The largest absolute Gasteiger partial charge is 0.365 e. The van der Waals surface area contributed by atoms with Gasteiger partial charge in [0.15, 0.2) is 5.17 Å². The van der Waals surface area contributed by atoms with Crippen LogP contribution in [0, 0.1) is 5.92 Å². The highest BCUT2D eigenvalue weighted by atomic mass is 32.2. The Morgan fingerprint density at radius 2 is 2.15 bits per heavy atom. The van der Waals surface area contributed by atoms with Crippen LogP contribution in [-0.4, -0.2) is 42.5 Å². The highest BCUT2D eigenvalue weighted by Gasteiger charge is 2.11. The molecule has 0 fully saturated rings. The lowest BCUT2D eigenvalue weighted by Gasteiger charge is -2.19. The zero-order chi connectivity index (χ0) is 14.2. The summed E-state index contributed by atoms with van der Waals surface area (Å²) in [6.07, 6.45) is 1.15. The summed E-state index contributed by atoms with van der Waals surface area (Å²) in [6.45, 7) is 6.37. The van der Waals surface area contributed by atoms with Crippen LogP contribution in [0.5, 0.6) is 0 Å². The van der Waals surface area contributed by atoms with E-state index in [2.05, 4.69) is 59.5 Å². The van der Waals surface area contributed by atoms with Gasteiger partial charge in [-0.15, -0.1) is 0 Å². The third kappa shape index (κ3) is 5.55. The van der Waals surface area contributed by atoms with Crippen LogP contribution in [0.3, 0.4) is 0 Å². The van der Waals surface area contributed by atoms with Gasteiger partial charge in [0.1, 0.15) is 0 Å². The van der Waals surface area contributed by atoms with Gasteiger partial charge in [0, 0.05) is 25.4 Å². The number of thioether (sulfide) groups is 1. The van der Waals surface area contributed by atoms with Gasteiger partial charge < -0.3 is 10.2 Å². The van der Waals surface area contributed by atoms with Crippen LogP contribution in [0.1, 0.15) is 18.9 Å². The minimum absolute atomic E-state index is 0.725. The van der Waals surface area contributed by atoms with Crippen LogP contribution in [0.2, 0.25) is 0 Å². The Kier molecular flexibility index (Phi) is 6.40. The number of aliphatic imine (C=N–C) groups is 1. The lowest BCUT2D eigenvalue weighted by atomic mass is 10.2. The van der Waals surface area contributed by atoms with E-state index in [1.165, 1.54) is 11.3 Å². The first-order valence-corrected chi connectivity index (χ1v) is 8.36. The van der Waals surface area contributed by atoms with Crippen molar-refractivity contribution >= 4 is 16.9 Å². The smallest absolute Gasteiger partial charge is 0.156 e. The highest BCUT2D eigenvalue weighted by molar-refractivity contribution is 8.13. The second kappa shape index (κ2) is 8.32. The molecule has 1 N–H and O–H groups in total. The van der Waals surface area contributed by atoms with Crippen LogP contribution in [-0.2, 0) is 6.54 Å². The average Bonchev–Trinajstić information content (AvgIpc) is 2.46. The normalized spacial score (nSPS) is 18.9. The molecule has 2 rings (SSSR count). The number of rotatable bonds is 6. The molecule has 1 aromatic rings. The number of hydrogen-bond acceptors (Lipinski definition) is 4. The first kappa shape index (κ1) is 15.4. The third-order valence-electron chi connectivity index (χ3n) is 3.34. The maximum absolute atomic E-state index is 4.55. The zero-order valence-corrected chi connectivity index (χ0v) is 13.3. The van der Waals surface area contributed by atoms with Gasteiger partial charge in [-0.1, -0.05) is 49.0 Å². The molecular formula is C16H25N3S. The molecule has 1 atom stereocenters. The standard InChI is InChI=1S/C16H25N3S/c1-14-11-18-16(20-13-14)17-9-6-10-19(2)12-15-7-4-3-5-8-15/h3-5,7-8,14H,6,9-13H2,1-2H3,(H,17,18). The summed E-state index contributed by atoms with van der Waals surface area (Å²) in [5.74, 6) is 1.92. The van der Waals surface area contributed by atoms with Crippen LogP contribution in [0.4, 0.5) is 0 Å². The molecule has 20 heavy (non-hydrogen) atoms. The van der Waals surface area contributed by atoms with Gasteiger partial charge in [0.2, 0.25) is 0 Å². The van der Waals surface area contributed by atoms with Crippen LogP contribution < -0.4 is 5.32 Å². The summed E-state index contributed by atoms with van der Waals surface area (Å²) in [5, 5.41) is 4.58. The molecule has 4 heteroatoms. The lowest BCUT2D eigenvalue weighted by molar-refractivity contribution is 0.322. The summed E-state index contributed by atoms with van der Waals surface area (Å²) in [6, 6.07) is 10.6. The predicted octanol–water partition coefficient (Wildman–Crippen LogP) is 2.84. The van der Waals surface area contributed by atoms with Gasteiger partial charge in [0.05, 0.1) is 0 Å². The van der Waals surface area contributed by atoms with Crippen molar-refractivity contribution < 1.29 is 0 Å². The van der Waals surface area contributed by atoms with Crippen molar-refractivity contribution in [3.8, 4) is 0 Å². The van der Waals surface area contributed by atoms with E-state index < -0.39 is 0 Å². The number of nitrogens with zero attached hydrogens (tertiary/aromatic N) is 2. The van der Waals surface area contributed by atoms with E-state index in [4.69, 9.17) is 0 Å². The van der Waals surface area contributed by atoms with E-state index in [1.807, 2.05) is 11.8 Å². The van der Waals surface area contributed by atoms with Crippen molar-refractivity contribution in [1.82, 2.24) is 10.2 Å². The van der Waals surface area contributed by atoms with E-state index in [0.29, 0.717) is 0 Å². The molecule has 0 radical (unpaired) electrons. The molecule has 1 aliphatic heterocycles. The van der Waals surface area contributed by atoms with Crippen molar-refractivity contribution in [2.75, 3.05) is 32.4 Å². The summed E-state index contributed by atoms with van der Waals surface area (Å²) in [7, 11) is 2.18. The second-order valence-corrected chi connectivity index (χ2v) is 6.57. The summed E-state index contributed by atoms with van der Waals surface area (Å²) < 4.78 is 0. The maximum Gasteiger partial charge on any atom is 0.156 e. The van der Waals surface area contributed by atoms with E-state index >= 15 is 0 Å². The zero-order valence-electron chi connectivity index (χ0n) is 12.5. The first-order valence-electron chi connectivity index (χ1n) is 7.37. The second-order valence-electron chi connectivity index (χ2n) is 5.57. The summed E-state index contributed by atoms with van der Waals surface area (Å²) >= 11 is 1.86. The predicted molar refractivity (Wildman–Crippen MR) is 89.3 cm³/mol. The fourth-order valence-electron chi connectivity index (χ4n) is 2.18. The molecule has 1 heterocycles. The van der Waals surface area contributed by atoms with Crippen molar-refractivity contribution in [1.29, 1.82) is 0 Å². The number of amidine groups is 1. The Morgan fingerprint density at radius 1 is 1.35 bits per heavy atom. The molecule has 3 nitrogen and oxygen atoms in total. The van der Waals surface area contributed by atoms with Crippen molar-refractivity contribution in [2.24, 2.45) is 10.9 Å². The monoisotopic (exact) mass is 291 g/mol. The van der Waals surface area contributed by atoms with E-state index in [-0.39, 0.29) is 0 Å². The van der Waals surface area contributed by atoms with Crippen LogP contribution in [0.15, 0.2) is 35.3 Å². The van der Waals surface area contributed by atoms with Gasteiger partial charge in [0.25, 0.3) is 0 Å². The molecule has 1 aliphatic rings. The number of hydrogen-bond donors (Lipinski definition) is 1. The average molecular weight is 291 g/mol. The molecule has 1 aromatic carbocycles. The van der Waals surface area contributed by atoms with Crippen LogP contribution in [0.25, 0.3) is 0 Å². The molecule has 0 amide bonds. The molecule has 0 aliphatic carbocycles. The van der Waals surface area contributed by atoms with Gasteiger partial charge in [-0.05, 0) is 31.5 Å². The Hall–Kier alpha value is -1.00. The van der Waals surface area contributed by atoms with Crippen molar-refractivity contribution in [2.45, 2.75) is 19.9 Å². The number of nitrogens with one attached hydrogen (secondary N) is 1. The summed E-state index contributed by atoms with van der Waals surface area (Å²) in [5.41, 5.74) is 1.38. The Labute approximate surface area is 126 Å². The van der Waals surface area contributed by atoms with Crippen LogP contribution >= 0.6 is 11.8 Å². The number of benzene rings is 1. The molecular weight excluding hydrogens is 266 g/mol. The fraction of sp³-hybridized carbons (Fsp3) is 0.562. The molecule has 0 aromatic heterocycles. The Balaban J connectivity index is 1.59.